The van der Waals surface area contributed by atoms with Crippen LogP contribution < -0.4 is 0 Å². The Morgan fingerprint density at radius 3 is 2.50 bits per heavy atom. The van der Waals surface area contributed by atoms with E-state index >= 15 is 0 Å². The van der Waals surface area contributed by atoms with Crippen molar-refractivity contribution in [1.29, 1.82) is 0 Å². The standard InChI is InChI=1S/C9H10Br2S/c10-6-8(11)7-12-9-4-2-1-3-5-9/h1-5,8H,6-7H2. The summed E-state index contributed by atoms with van der Waals surface area (Å²) in [6, 6.07) is 10.5. The maximum Gasteiger partial charge on any atom is 0.0336 e. The molecule has 1 unspecified atom stereocenters. The molecule has 0 aliphatic carbocycles. The van der Waals surface area contributed by atoms with Gasteiger partial charge in [0.2, 0.25) is 0 Å². The molecule has 12 heavy (non-hydrogen) atoms. The van der Waals surface area contributed by atoms with Crippen molar-refractivity contribution < 1.29 is 0 Å². The molecular weight excluding hydrogens is 300 g/mol. The molecule has 0 N–H and O–H groups in total. The molecule has 66 valence electrons. The number of alkyl halides is 2. The van der Waals surface area contributed by atoms with Crippen molar-refractivity contribution in [2.24, 2.45) is 0 Å². The minimum absolute atomic E-state index is 0.558. The van der Waals surface area contributed by atoms with Crippen LogP contribution in [0.1, 0.15) is 0 Å². The SMILES string of the molecule is BrCC(Br)CSc1ccccc1. The molecule has 3 heteroatoms. The lowest BCUT2D eigenvalue weighted by atomic mass is 10.4. The number of hydrogen-bond donors (Lipinski definition) is 0. The van der Waals surface area contributed by atoms with Crippen molar-refractivity contribution in [2.45, 2.75) is 9.72 Å². The fraction of sp³-hybridized carbons (Fsp3) is 0.333. The number of thioether (sulfide) groups is 1. The smallest absolute Gasteiger partial charge is 0.0336 e. The third-order valence-corrected chi connectivity index (χ3v) is 5.24. The average molecular weight is 310 g/mol. The second-order valence-corrected chi connectivity index (χ2v) is 5.41. The molecule has 0 radical (unpaired) electrons. The second kappa shape index (κ2) is 6.06. The van der Waals surface area contributed by atoms with Gasteiger partial charge in [0.1, 0.15) is 0 Å². The van der Waals surface area contributed by atoms with E-state index in [0.29, 0.717) is 4.83 Å². The minimum Gasteiger partial charge on any atom is -0.125 e. The first-order chi connectivity index (χ1) is 5.83. The summed E-state index contributed by atoms with van der Waals surface area (Å²) in [6.45, 7) is 0. The van der Waals surface area contributed by atoms with Crippen molar-refractivity contribution in [3.63, 3.8) is 0 Å². The Labute approximate surface area is 94.4 Å². The van der Waals surface area contributed by atoms with Crippen molar-refractivity contribution in [1.82, 2.24) is 0 Å². The highest BCUT2D eigenvalue weighted by Gasteiger charge is 2.01. The normalized spacial score (nSPS) is 12.8. The predicted octanol–water partition coefficient (Wildman–Crippen LogP) is 3.94. The third-order valence-electron chi connectivity index (χ3n) is 1.34. The van der Waals surface area contributed by atoms with Crippen LogP contribution in [0.2, 0.25) is 0 Å². The molecule has 0 aliphatic rings. The maximum absolute atomic E-state index is 3.57. The van der Waals surface area contributed by atoms with Gasteiger partial charge in [-0.2, -0.15) is 0 Å². The maximum atomic E-state index is 3.57. The lowest BCUT2D eigenvalue weighted by Gasteiger charge is -2.04. The van der Waals surface area contributed by atoms with E-state index in [1.165, 1.54) is 4.90 Å². The van der Waals surface area contributed by atoms with Gasteiger partial charge in [0.25, 0.3) is 0 Å². The zero-order chi connectivity index (χ0) is 8.81. The van der Waals surface area contributed by atoms with Crippen LogP contribution in [0.5, 0.6) is 0 Å². The van der Waals surface area contributed by atoms with Crippen molar-refractivity contribution >= 4 is 43.6 Å². The lowest BCUT2D eigenvalue weighted by Crippen LogP contribution is -2.01. The number of halogens is 2. The summed E-state index contributed by atoms with van der Waals surface area (Å²) >= 11 is 8.87. The van der Waals surface area contributed by atoms with E-state index in [0.717, 1.165) is 11.1 Å². The van der Waals surface area contributed by atoms with Gasteiger partial charge in [-0.1, -0.05) is 50.1 Å². The molecule has 1 rings (SSSR count). The van der Waals surface area contributed by atoms with E-state index in [9.17, 15) is 0 Å². The summed E-state index contributed by atoms with van der Waals surface area (Å²) in [7, 11) is 0. The van der Waals surface area contributed by atoms with Crippen LogP contribution in [-0.4, -0.2) is 15.9 Å². The molecule has 0 spiro atoms. The van der Waals surface area contributed by atoms with Gasteiger partial charge >= 0.3 is 0 Å². The quantitative estimate of drug-likeness (QED) is 0.600. The Morgan fingerprint density at radius 2 is 1.92 bits per heavy atom. The summed E-state index contributed by atoms with van der Waals surface area (Å²) in [5, 5.41) is 1.01. The first kappa shape index (κ1) is 10.6. The Balaban J connectivity index is 2.33. The van der Waals surface area contributed by atoms with E-state index in [1.54, 1.807) is 0 Å². The Morgan fingerprint density at radius 1 is 1.25 bits per heavy atom. The van der Waals surface area contributed by atoms with Crippen molar-refractivity contribution in [2.75, 3.05) is 11.1 Å². The van der Waals surface area contributed by atoms with Crippen molar-refractivity contribution in [3.8, 4) is 0 Å². The van der Waals surface area contributed by atoms with Crippen LogP contribution in [0, 0.1) is 0 Å². The van der Waals surface area contributed by atoms with Gasteiger partial charge in [-0.05, 0) is 12.1 Å². The van der Waals surface area contributed by atoms with E-state index in [-0.39, 0.29) is 0 Å². The van der Waals surface area contributed by atoms with E-state index in [4.69, 9.17) is 0 Å². The fourth-order valence-corrected chi connectivity index (χ4v) is 2.52. The second-order valence-electron chi connectivity index (χ2n) is 2.38. The minimum atomic E-state index is 0.558. The van der Waals surface area contributed by atoms with Crippen LogP contribution >= 0.6 is 43.6 Å². The van der Waals surface area contributed by atoms with Gasteiger partial charge < -0.3 is 0 Å². The topological polar surface area (TPSA) is 0 Å². The fourth-order valence-electron chi connectivity index (χ4n) is 0.748. The molecule has 1 atom stereocenters. The summed E-state index contributed by atoms with van der Waals surface area (Å²) in [6.07, 6.45) is 0. The zero-order valence-corrected chi connectivity index (χ0v) is 10.5. The largest absolute Gasteiger partial charge is 0.125 e. The summed E-state index contributed by atoms with van der Waals surface area (Å²) in [5.41, 5.74) is 0. The number of benzene rings is 1. The van der Waals surface area contributed by atoms with Gasteiger partial charge in [-0.25, -0.2) is 0 Å². The van der Waals surface area contributed by atoms with Gasteiger partial charge in [-0.3, -0.25) is 0 Å². The first-order valence-corrected chi connectivity index (χ1v) is 6.73. The molecule has 0 saturated carbocycles. The summed E-state index contributed by atoms with van der Waals surface area (Å²) in [4.78, 5) is 1.89. The molecule has 1 aromatic carbocycles. The zero-order valence-electron chi connectivity index (χ0n) is 6.54. The average Bonchev–Trinajstić information content (AvgIpc) is 2.16. The molecule has 0 fully saturated rings. The molecule has 0 nitrogen and oxygen atoms in total. The highest BCUT2D eigenvalue weighted by Crippen LogP contribution is 2.21. The van der Waals surface area contributed by atoms with E-state index < -0.39 is 0 Å². The Kier molecular flexibility index (Phi) is 5.35. The summed E-state index contributed by atoms with van der Waals surface area (Å²) in [5.74, 6) is 1.11. The Hall–Kier alpha value is 0.530. The van der Waals surface area contributed by atoms with Crippen molar-refractivity contribution in [3.05, 3.63) is 30.3 Å². The van der Waals surface area contributed by atoms with Crippen LogP contribution in [0.15, 0.2) is 35.2 Å². The molecule has 0 aromatic heterocycles. The van der Waals surface area contributed by atoms with Gasteiger partial charge in [0, 0.05) is 20.8 Å². The molecule has 0 saturated heterocycles. The number of hydrogen-bond acceptors (Lipinski definition) is 1. The Bertz CT molecular complexity index is 213. The molecular formula is C9H10Br2S. The van der Waals surface area contributed by atoms with Crippen LogP contribution in [0.4, 0.5) is 0 Å². The molecule has 0 bridgehead atoms. The van der Waals surface area contributed by atoms with Crippen LogP contribution in [-0.2, 0) is 0 Å². The van der Waals surface area contributed by atoms with Crippen LogP contribution in [0.25, 0.3) is 0 Å². The highest BCUT2D eigenvalue weighted by molar-refractivity contribution is 9.12. The first-order valence-electron chi connectivity index (χ1n) is 3.71. The molecule has 0 heterocycles. The summed E-state index contributed by atoms with van der Waals surface area (Å²) < 4.78 is 0. The van der Waals surface area contributed by atoms with Gasteiger partial charge in [-0.15, -0.1) is 11.8 Å². The third kappa shape index (κ3) is 3.97. The molecule has 0 aliphatic heterocycles. The number of rotatable bonds is 4. The van der Waals surface area contributed by atoms with Gasteiger partial charge in [0.15, 0.2) is 0 Å². The molecule has 0 amide bonds. The van der Waals surface area contributed by atoms with E-state index in [1.807, 2.05) is 17.8 Å². The highest BCUT2D eigenvalue weighted by atomic mass is 79.9. The van der Waals surface area contributed by atoms with E-state index in [2.05, 4.69) is 56.1 Å². The molecule has 1 aromatic rings. The predicted molar refractivity (Wildman–Crippen MR) is 63.7 cm³/mol. The van der Waals surface area contributed by atoms with Gasteiger partial charge in [0.05, 0.1) is 0 Å². The monoisotopic (exact) mass is 308 g/mol. The van der Waals surface area contributed by atoms with Crippen LogP contribution in [0.3, 0.4) is 0 Å². The lowest BCUT2D eigenvalue weighted by molar-refractivity contribution is 1.18.